The highest BCUT2D eigenvalue weighted by molar-refractivity contribution is 5.77. The van der Waals surface area contributed by atoms with Crippen LogP contribution in [0, 0.1) is 5.41 Å². The first-order valence-corrected chi connectivity index (χ1v) is 5.19. The predicted octanol–water partition coefficient (Wildman–Crippen LogP) is 1.03. The molecule has 0 atom stereocenters. The molecule has 3 heteroatoms. The summed E-state index contributed by atoms with van der Waals surface area (Å²) in [6, 6.07) is 0. The molecule has 1 aliphatic carbocycles. The molecule has 13 heavy (non-hydrogen) atoms. The van der Waals surface area contributed by atoms with Crippen LogP contribution in [0.15, 0.2) is 0 Å². The zero-order valence-electron chi connectivity index (χ0n) is 8.44. The molecule has 1 fully saturated rings. The molecule has 1 amide bonds. The van der Waals surface area contributed by atoms with E-state index in [9.17, 15) is 4.79 Å². The van der Waals surface area contributed by atoms with Crippen LogP contribution in [-0.4, -0.2) is 19.0 Å². The molecule has 1 rings (SSSR count). The van der Waals surface area contributed by atoms with Gasteiger partial charge in [-0.05, 0) is 24.7 Å². The molecule has 0 bridgehead atoms. The number of carbonyl (C=O) groups excluding carboxylic acids is 1. The van der Waals surface area contributed by atoms with Crippen molar-refractivity contribution in [1.82, 2.24) is 5.32 Å². The highest BCUT2D eigenvalue weighted by Crippen LogP contribution is 2.40. The van der Waals surface area contributed by atoms with Crippen molar-refractivity contribution in [3.63, 3.8) is 0 Å². The highest BCUT2D eigenvalue weighted by atomic mass is 16.1. The van der Waals surface area contributed by atoms with Gasteiger partial charge >= 0.3 is 0 Å². The standard InChI is InChI=1S/C10H20N2O/c1-2-10(5-3-4-6-10)8-12-9(13)7-11/h2-8,11H2,1H3,(H,12,13). The average molecular weight is 184 g/mol. The van der Waals surface area contributed by atoms with Crippen LogP contribution in [0.3, 0.4) is 0 Å². The lowest BCUT2D eigenvalue weighted by Gasteiger charge is -2.27. The van der Waals surface area contributed by atoms with Gasteiger partial charge in [-0.3, -0.25) is 4.79 Å². The third kappa shape index (κ3) is 2.69. The van der Waals surface area contributed by atoms with Gasteiger partial charge in [0.2, 0.25) is 5.91 Å². The third-order valence-electron chi connectivity index (χ3n) is 3.26. The minimum atomic E-state index is -0.0280. The quantitative estimate of drug-likeness (QED) is 0.685. The van der Waals surface area contributed by atoms with E-state index in [2.05, 4.69) is 12.2 Å². The van der Waals surface area contributed by atoms with Crippen molar-refractivity contribution in [2.75, 3.05) is 13.1 Å². The molecule has 0 aromatic rings. The molecule has 3 N–H and O–H groups in total. The average Bonchev–Trinajstić information content (AvgIpc) is 2.63. The van der Waals surface area contributed by atoms with Gasteiger partial charge in [-0.2, -0.15) is 0 Å². The van der Waals surface area contributed by atoms with E-state index in [1.54, 1.807) is 0 Å². The molecule has 1 aliphatic rings. The van der Waals surface area contributed by atoms with Crippen molar-refractivity contribution in [3.05, 3.63) is 0 Å². The Labute approximate surface area is 80.1 Å². The fourth-order valence-electron chi connectivity index (χ4n) is 2.14. The molecule has 3 nitrogen and oxygen atoms in total. The Kier molecular flexibility index (Phi) is 3.72. The molecular weight excluding hydrogens is 164 g/mol. The Balaban J connectivity index is 2.35. The SMILES string of the molecule is CCC1(CNC(=O)CN)CCCC1. The van der Waals surface area contributed by atoms with Crippen molar-refractivity contribution in [2.24, 2.45) is 11.1 Å². The molecule has 0 heterocycles. The lowest BCUT2D eigenvalue weighted by molar-refractivity contribution is -0.120. The van der Waals surface area contributed by atoms with Crippen LogP contribution in [0.25, 0.3) is 0 Å². The molecule has 0 unspecified atom stereocenters. The Hall–Kier alpha value is -0.570. The first-order valence-electron chi connectivity index (χ1n) is 5.19. The molecular formula is C10H20N2O. The van der Waals surface area contributed by atoms with Crippen LogP contribution in [0.4, 0.5) is 0 Å². The van der Waals surface area contributed by atoms with E-state index in [1.807, 2.05) is 0 Å². The Bertz CT molecular complexity index is 174. The van der Waals surface area contributed by atoms with E-state index < -0.39 is 0 Å². The second-order valence-corrected chi connectivity index (χ2v) is 4.04. The zero-order chi connectivity index (χ0) is 9.73. The normalized spacial score (nSPS) is 20.2. The van der Waals surface area contributed by atoms with Gasteiger partial charge in [-0.15, -0.1) is 0 Å². The maximum atomic E-state index is 11.0. The maximum Gasteiger partial charge on any atom is 0.233 e. The van der Waals surface area contributed by atoms with Crippen molar-refractivity contribution >= 4 is 5.91 Å². The summed E-state index contributed by atoms with van der Waals surface area (Å²) in [7, 11) is 0. The number of nitrogens with one attached hydrogen (secondary N) is 1. The third-order valence-corrected chi connectivity index (χ3v) is 3.26. The topological polar surface area (TPSA) is 55.1 Å². The number of nitrogens with two attached hydrogens (primary N) is 1. The van der Waals surface area contributed by atoms with Gasteiger partial charge < -0.3 is 11.1 Å². The minimum Gasteiger partial charge on any atom is -0.354 e. The van der Waals surface area contributed by atoms with Crippen LogP contribution in [0.5, 0.6) is 0 Å². The first-order chi connectivity index (χ1) is 6.22. The molecule has 0 spiro atoms. The summed E-state index contributed by atoms with van der Waals surface area (Å²) in [5.74, 6) is -0.0280. The van der Waals surface area contributed by atoms with E-state index in [-0.39, 0.29) is 12.5 Å². The van der Waals surface area contributed by atoms with Gasteiger partial charge in [0.15, 0.2) is 0 Å². The summed E-state index contributed by atoms with van der Waals surface area (Å²) in [5, 5.41) is 2.90. The molecule has 0 radical (unpaired) electrons. The fraction of sp³-hybridized carbons (Fsp3) is 0.900. The molecule has 0 saturated heterocycles. The van der Waals surface area contributed by atoms with Crippen LogP contribution in [-0.2, 0) is 4.79 Å². The van der Waals surface area contributed by atoms with Crippen molar-refractivity contribution in [3.8, 4) is 0 Å². The van der Waals surface area contributed by atoms with Crippen molar-refractivity contribution < 1.29 is 4.79 Å². The highest BCUT2D eigenvalue weighted by Gasteiger charge is 2.31. The number of rotatable bonds is 4. The molecule has 1 saturated carbocycles. The number of hydrogen-bond acceptors (Lipinski definition) is 2. The van der Waals surface area contributed by atoms with Crippen LogP contribution in [0.1, 0.15) is 39.0 Å². The van der Waals surface area contributed by atoms with Crippen LogP contribution >= 0.6 is 0 Å². The Morgan fingerprint density at radius 1 is 1.46 bits per heavy atom. The second-order valence-electron chi connectivity index (χ2n) is 4.04. The van der Waals surface area contributed by atoms with E-state index in [4.69, 9.17) is 5.73 Å². The Morgan fingerprint density at radius 2 is 2.08 bits per heavy atom. The minimum absolute atomic E-state index is 0.0280. The van der Waals surface area contributed by atoms with E-state index in [1.165, 1.54) is 25.7 Å². The summed E-state index contributed by atoms with van der Waals surface area (Å²) in [4.78, 5) is 11.0. The number of amides is 1. The predicted molar refractivity (Wildman–Crippen MR) is 53.3 cm³/mol. The van der Waals surface area contributed by atoms with Crippen LogP contribution in [0.2, 0.25) is 0 Å². The summed E-state index contributed by atoms with van der Waals surface area (Å²) in [5.41, 5.74) is 5.61. The smallest absolute Gasteiger partial charge is 0.233 e. The van der Waals surface area contributed by atoms with Crippen molar-refractivity contribution in [2.45, 2.75) is 39.0 Å². The van der Waals surface area contributed by atoms with Gasteiger partial charge in [0.1, 0.15) is 0 Å². The van der Waals surface area contributed by atoms with Crippen LogP contribution < -0.4 is 11.1 Å². The fourth-order valence-corrected chi connectivity index (χ4v) is 2.14. The number of hydrogen-bond donors (Lipinski definition) is 2. The van der Waals surface area contributed by atoms with Gasteiger partial charge in [-0.1, -0.05) is 19.8 Å². The van der Waals surface area contributed by atoms with Gasteiger partial charge in [0.05, 0.1) is 6.54 Å². The van der Waals surface area contributed by atoms with Crippen molar-refractivity contribution in [1.29, 1.82) is 0 Å². The van der Waals surface area contributed by atoms with Gasteiger partial charge in [0.25, 0.3) is 0 Å². The second kappa shape index (κ2) is 4.61. The number of carbonyl (C=O) groups is 1. The summed E-state index contributed by atoms with van der Waals surface area (Å²) >= 11 is 0. The molecule has 0 aromatic carbocycles. The molecule has 76 valence electrons. The van der Waals surface area contributed by atoms with Gasteiger partial charge in [0, 0.05) is 6.54 Å². The summed E-state index contributed by atoms with van der Waals surface area (Å²) < 4.78 is 0. The van der Waals surface area contributed by atoms with Gasteiger partial charge in [-0.25, -0.2) is 0 Å². The van der Waals surface area contributed by atoms with E-state index in [0.29, 0.717) is 5.41 Å². The Morgan fingerprint density at radius 3 is 2.54 bits per heavy atom. The zero-order valence-corrected chi connectivity index (χ0v) is 8.44. The summed E-state index contributed by atoms with van der Waals surface area (Å²) in [6.45, 7) is 3.14. The largest absolute Gasteiger partial charge is 0.354 e. The lowest BCUT2D eigenvalue weighted by atomic mass is 9.83. The van der Waals surface area contributed by atoms with E-state index in [0.717, 1.165) is 13.0 Å². The van der Waals surface area contributed by atoms with E-state index >= 15 is 0 Å². The monoisotopic (exact) mass is 184 g/mol. The molecule has 0 aliphatic heterocycles. The first kappa shape index (κ1) is 10.5. The maximum absolute atomic E-state index is 11.0. The summed E-state index contributed by atoms with van der Waals surface area (Å²) in [6.07, 6.45) is 6.30. The lowest BCUT2D eigenvalue weighted by Crippen LogP contribution is -2.38. The molecule has 0 aromatic heterocycles.